The van der Waals surface area contributed by atoms with E-state index in [0.717, 1.165) is 10.3 Å². The Hall–Kier alpha value is -1.69. The van der Waals surface area contributed by atoms with Gasteiger partial charge in [0.1, 0.15) is 0 Å². The van der Waals surface area contributed by atoms with Gasteiger partial charge in [-0.3, -0.25) is 14.3 Å². The maximum atomic E-state index is 11.7. The second-order valence-corrected chi connectivity index (χ2v) is 4.46. The number of hydrogen-bond acceptors (Lipinski definition) is 3. The van der Waals surface area contributed by atoms with Crippen molar-refractivity contribution in [2.45, 2.75) is 13.5 Å². The zero-order valence-electron chi connectivity index (χ0n) is 9.11. The van der Waals surface area contributed by atoms with E-state index in [9.17, 15) is 9.59 Å². The molecule has 0 unspecified atom stereocenters. The minimum atomic E-state index is -0.443. The maximum absolute atomic E-state index is 11.7. The van der Waals surface area contributed by atoms with E-state index in [0.29, 0.717) is 10.2 Å². The summed E-state index contributed by atoms with van der Waals surface area (Å²) in [6.07, 6.45) is 1.34. The van der Waals surface area contributed by atoms with Gasteiger partial charge in [-0.05, 0) is 35.0 Å². The molecular weight excluding hydrogens is 286 g/mol. The molecule has 0 saturated carbocycles. The van der Waals surface area contributed by atoms with Gasteiger partial charge in [-0.2, -0.15) is 0 Å². The van der Waals surface area contributed by atoms with Crippen molar-refractivity contribution in [1.29, 1.82) is 0 Å². The molecule has 5 nitrogen and oxygen atoms in total. The van der Waals surface area contributed by atoms with Gasteiger partial charge in [-0.15, -0.1) is 0 Å². The summed E-state index contributed by atoms with van der Waals surface area (Å²) in [5, 5.41) is 0. The third-order valence-electron chi connectivity index (χ3n) is 2.28. The number of nitrogens with one attached hydrogen (secondary N) is 1. The van der Waals surface area contributed by atoms with Crippen molar-refractivity contribution in [1.82, 2.24) is 14.5 Å². The molecule has 0 saturated heterocycles. The second-order valence-electron chi connectivity index (χ2n) is 3.60. The minimum Gasteiger partial charge on any atom is -0.313 e. The van der Waals surface area contributed by atoms with E-state index in [4.69, 9.17) is 0 Å². The molecule has 0 radical (unpaired) electrons. The Morgan fingerprint density at radius 2 is 2.18 bits per heavy atom. The van der Waals surface area contributed by atoms with Crippen LogP contribution in [-0.4, -0.2) is 14.5 Å². The van der Waals surface area contributed by atoms with Crippen LogP contribution < -0.4 is 11.2 Å². The van der Waals surface area contributed by atoms with Crippen LogP contribution in [0.4, 0.5) is 0 Å². The van der Waals surface area contributed by atoms with Gasteiger partial charge < -0.3 is 4.98 Å². The molecule has 0 bridgehead atoms. The molecule has 2 rings (SSSR count). The lowest BCUT2D eigenvalue weighted by Gasteiger charge is -2.04. The number of pyridine rings is 1. The van der Waals surface area contributed by atoms with Crippen LogP contribution in [0.3, 0.4) is 0 Å². The number of hydrogen-bond donors (Lipinski definition) is 1. The highest BCUT2D eigenvalue weighted by molar-refractivity contribution is 9.10. The van der Waals surface area contributed by atoms with Crippen molar-refractivity contribution in [3.8, 4) is 0 Å². The van der Waals surface area contributed by atoms with E-state index in [1.807, 2.05) is 19.1 Å². The first kappa shape index (κ1) is 11.8. The fourth-order valence-corrected chi connectivity index (χ4v) is 1.81. The van der Waals surface area contributed by atoms with Crippen molar-refractivity contribution in [2.75, 3.05) is 0 Å². The number of aromatic nitrogens is 3. The third-order valence-corrected chi connectivity index (χ3v) is 2.85. The molecule has 2 aromatic rings. The molecule has 17 heavy (non-hydrogen) atoms. The van der Waals surface area contributed by atoms with E-state index >= 15 is 0 Å². The van der Waals surface area contributed by atoms with Crippen LogP contribution in [0.15, 0.2) is 38.5 Å². The van der Waals surface area contributed by atoms with Crippen molar-refractivity contribution >= 4 is 15.9 Å². The van der Waals surface area contributed by atoms with Gasteiger partial charge in [0, 0.05) is 11.9 Å². The number of halogens is 1. The molecule has 0 aliphatic carbocycles. The summed E-state index contributed by atoms with van der Waals surface area (Å²) >= 11 is 3.08. The summed E-state index contributed by atoms with van der Waals surface area (Å²) in [6.45, 7) is 2.02. The van der Waals surface area contributed by atoms with Gasteiger partial charge in [0.2, 0.25) is 0 Å². The zero-order valence-corrected chi connectivity index (χ0v) is 10.7. The number of aromatic amines is 1. The molecule has 0 spiro atoms. The molecule has 0 aromatic carbocycles. The Balaban J connectivity index is 2.47. The minimum absolute atomic E-state index is 0.162. The van der Waals surface area contributed by atoms with Gasteiger partial charge >= 0.3 is 5.69 Å². The number of H-pyrrole nitrogens is 1. The van der Waals surface area contributed by atoms with Crippen LogP contribution in [0.5, 0.6) is 0 Å². The lowest BCUT2D eigenvalue weighted by atomic mass is 10.3. The van der Waals surface area contributed by atoms with Gasteiger partial charge in [-0.25, -0.2) is 4.79 Å². The SMILES string of the molecule is Cc1cccc(Cn2c(=O)[nH]cc(Br)c2=O)n1. The second kappa shape index (κ2) is 4.67. The van der Waals surface area contributed by atoms with Gasteiger partial charge in [0.25, 0.3) is 5.56 Å². The van der Waals surface area contributed by atoms with E-state index in [-0.39, 0.29) is 12.1 Å². The van der Waals surface area contributed by atoms with Crippen LogP contribution in [0.25, 0.3) is 0 Å². The molecular formula is C11H10BrN3O2. The van der Waals surface area contributed by atoms with Crippen molar-refractivity contribution in [3.05, 3.63) is 61.1 Å². The van der Waals surface area contributed by atoms with Crippen molar-refractivity contribution < 1.29 is 0 Å². The molecule has 2 aromatic heterocycles. The molecule has 0 amide bonds. The van der Waals surface area contributed by atoms with Crippen LogP contribution in [0.2, 0.25) is 0 Å². The summed E-state index contributed by atoms with van der Waals surface area (Å²) < 4.78 is 1.43. The third kappa shape index (κ3) is 2.52. The zero-order chi connectivity index (χ0) is 12.4. The summed E-state index contributed by atoms with van der Waals surface area (Å²) in [5.74, 6) is 0. The molecule has 0 atom stereocenters. The number of rotatable bonds is 2. The monoisotopic (exact) mass is 295 g/mol. The summed E-state index contributed by atoms with van der Waals surface area (Å²) in [7, 11) is 0. The molecule has 1 N–H and O–H groups in total. The van der Waals surface area contributed by atoms with Gasteiger partial charge in [0.15, 0.2) is 0 Å². The molecule has 0 fully saturated rings. The molecule has 0 aliphatic rings. The highest BCUT2D eigenvalue weighted by atomic mass is 79.9. The van der Waals surface area contributed by atoms with Gasteiger partial charge in [-0.1, -0.05) is 6.07 Å². The Labute approximate surface area is 105 Å². The first-order valence-corrected chi connectivity index (χ1v) is 5.78. The van der Waals surface area contributed by atoms with E-state index in [1.54, 1.807) is 6.07 Å². The van der Waals surface area contributed by atoms with Crippen LogP contribution in [0, 0.1) is 6.92 Å². The topological polar surface area (TPSA) is 67.8 Å². The lowest BCUT2D eigenvalue weighted by molar-refractivity contribution is 0.678. The summed E-state index contributed by atoms with van der Waals surface area (Å²) in [5.41, 5.74) is 0.719. The predicted octanol–water partition coefficient (Wildman–Crippen LogP) is 1.05. The first-order chi connectivity index (χ1) is 8.08. The highest BCUT2D eigenvalue weighted by Crippen LogP contribution is 2.00. The van der Waals surface area contributed by atoms with E-state index < -0.39 is 5.69 Å². The standard InChI is InChI=1S/C11H10BrN3O2/c1-7-3-2-4-8(14-7)6-15-10(16)9(12)5-13-11(15)17/h2-5H,6H2,1H3,(H,13,17). The fraction of sp³-hybridized carbons (Fsp3) is 0.182. The largest absolute Gasteiger partial charge is 0.328 e. The van der Waals surface area contributed by atoms with E-state index in [1.165, 1.54) is 6.20 Å². The van der Waals surface area contributed by atoms with Gasteiger partial charge in [0.05, 0.1) is 16.7 Å². The normalized spacial score (nSPS) is 10.5. The van der Waals surface area contributed by atoms with Crippen molar-refractivity contribution in [2.24, 2.45) is 0 Å². The Kier molecular flexibility index (Phi) is 3.23. The lowest BCUT2D eigenvalue weighted by Crippen LogP contribution is -2.35. The van der Waals surface area contributed by atoms with E-state index in [2.05, 4.69) is 25.9 Å². The Morgan fingerprint density at radius 1 is 1.41 bits per heavy atom. The Bertz CT molecular complexity index is 660. The fourth-order valence-electron chi connectivity index (χ4n) is 1.48. The number of nitrogens with zero attached hydrogens (tertiary/aromatic N) is 2. The molecule has 6 heteroatoms. The van der Waals surface area contributed by atoms with Crippen LogP contribution in [0.1, 0.15) is 11.4 Å². The molecule has 88 valence electrons. The molecule has 0 aliphatic heterocycles. The smallest absolute Gasteiger partial charge is 0.313 e. The van der Waals surface area contributed by atoms with Crippen molar-refractivity contribution in [3.63, 3.8) is 0 Å². The van der Waals surface area contributed by atoms with Crippen LogP contribution in [-0.2, 0) is 6.54 Å². The highest BCUT2D eigenvalue weighted by Gasteiger charge is 2.06. The maximum Gasteiger partial charge on any atom is 0.328 e. The predicted molar refractivity (Wildman–Crippen MR) is 67.1 cm³/mol. The average molecular weight is 296 g/mol. The summed E-state index contributed by atoms with van der Waals surface area (Å²) in [4.78, 5) is 30.0. The quantitative estimate of drug-likeness (QED) is 0.900. The molecule has 2 heterocycles. The Morgan fingerprint density at radius 3 is 2.88 bits per heavy atom. The number of aryl methyl sites for hydroxylation is 1. The first-order valence-electron chi connectivity index (χ1n) is 4.98. The summed E-state index contributed by atoms with van der Waals surface area (Å²) in [6, 6.07) is 5.48. The average Bonchev–Trinajstić information content (AvgIpc) is 2.30. The van der Waals surface area contributed by atoms with Crippen LogP contribution >= 0.6 is 15.9 Å².